The Morgan fingerprint density at radius 3 is 2.55 bits per heavy atom. The van der Waals surface area contributed by atoms with Gasteiger partial charge in [0.15, 0.2) is 0 Å². The third-order valence-corrected chi connectivity index (χ3v) is 3.46. The maximum atomic E-state index is 3.45. The molecule has 1 aliphatic rings. The minimum atomic E-state index is 1.16. The number of rotatable bonds is 4. The minimum absolute atomic E-state index is 1.16. The van der Waals surface area contributed by atoms with Gasteiger partial charge in [0.25, 0.3) is 0 Å². The lowest BCUT2D eigenvalue weighted by Gasteiger charge is -2.25. The molecule has 3 heteroatoms. The number of unbranched alkanes of at least 4 members (excludes halogenated alkanes) is 1. The van der Waals surface area contributed by atoms with Crippen LogP contribution in [0.1, 0.15) is 12.8 Å². The van der Waals surface area contributed by atoms with Crippen molar-refractivity contribution in [2.75, 3.05) is 36.5 Å². The number of hydrogen-bond acceptors (Lipinski definition) is 2. The van der Waals surface area contributed by atoms with E-state index in [-0.39, 0.29) is 0 Å². The van der Waals surface area contributed by atoms with Gasteiger partial charge in [-0.05, 0) is 19.4 Å². The third kappa shape index (κ3) is 4.38. The van der Waals surface area contributed by atoms with Gasteiger partial charge < -0.3 is 4.90 Å². The summed E-state index contributed by atoms with van der Waals surface area (Å²) in [7, 11) is 0. The molecule has 1 aliphatic heterocycles. The van der Waals surface area contributed by atoms with Crippen molar-refractivity contribution < 1.29 is 0 Å². The minimum Gasteiger partial charge on any atom is -0.302 e. The van der Waals surface area contributed by atoms with Crippen LogP contribution in [0.3, 0.4) is 0 Å². The molecule has 0 bridgehead atoms. The van der Waals surface area contributed by atoms with E-state index in [2.05, 4.69) is 32.6 Å². The van der Waals surface area contributed by atoms with Crippen molar-refractivity contribution in [1.29, 1.82) is 0 Å². The lowest BCUT2D eigenvalue weighted by Crippen LogP contribution is -2.33. The van der Waals surface area contributed by atoms with Gasteiger partial charge >= 0.3 is 0 Å². The summed E-state index contributed by atoms with van der Waals surface area (Å²) in [5.74, 6) is 2.68. The summed E-state index contributed by atoms with van der Waals surface area (Å²) in [6.07, 6.45) is 2.68. The Bertz CT molecular complexity index is 94.1. The Balaban J connectivity index is 1.96. The molecule has 0 unspecified atom stereocenters. The molecular formula is C8H16BrNS. The zero-order chi connectivity index (χ0) is 7.94. The molecule has 0 spiro atoms. The molecule has 1 nitrogen and oxygen atoms in total. The molecule has 0 radical (unpaired) electrons. The quantitative estimate of drug-likeness (QED) is 0.545. The maximum Gasteiger partial charge on any atom is 0.00727 e. The SMILES string of the molecule is BrCCCCN1CCSCC1. The fourth-order valence-corrected chi connectivity index (χ4v) is 2.63. The zero-order valence-corrected chi connectivity index (χ0v) is 9.29. The van der Waals surface area contributed by atoms with E-state index in [1.165, 1.54) is 44.0 Å². The molecule has 0 atom stereocenters. The van der Waals surface area contributed by atoms with Crippen molar-refractivity contribution in [3.8, 4) is 0 Å². The molecule has 1 heterocycles. The fraction of sp³-hybridized carbons (Fsp3) is 1.00. The smallest absolute Gasteiger partial charge is 0.00727 e. The maximum absolute atomic E-state index is 3.45. The van der Waals surface area contributed by atoms with Gasteiger partial charge in [-0.15, -0.1) is 0 Å². The summed E-state index contributed by atoms with van der Waals surface area (Å²) in [5, 5.41) is 1.16. The van der Waals surface area contributed by atoms with Gasteiger partial charge in [-0.1, -0.05) is 15.9 Å². The Kier molecular flexibility index (Phi) is 5.68. The molecule has 1 rings (SSSR count). The number of nitrogens with zero attached hydrogens (tertiary/aromatic N) is 1. The summed E-state index contributed by atoms with van der Waals surface area (Å²) in [5.41, 5.74) is 0. The highest BCUT2D eigenvalue weighted by Gasteiger charge is 2.08. The van der Waals surface area contributed by atoms with Crippen LogP contribution in [0.5, 0.6) is 0 Å². The molecule has 1 fully saturated rings. The van der Waals surface area contributed by atoms with Crippen LogP contribution in [0, 0.1) is 0 Å². The first-order chi connectivity index (χ1) is 5.43. The van der Waals surface area contributed by atoms with Gasteiger partial charge in [0.1, 0.15) is 0 Å². The zero-order valence-electron chi connectivity index (χ0n) is 6.89. The van der Waals surface area contributed by atoms with E-state index in [0.717, 1.165) is 5.33 Å². The van der Waals surface area contributed by atoms with Crippen molar-refractivity contribution >= 4 is 27.7 Å². The molecule has 0 aromatic rings. The summed E-state index contributed by atoms with van der Waals surface area (Å²) in [6.45, 7) is 3.94. The number of thioether (sulfide) groups is 1. The van der Waals surface area contributed by atoms with E-state index in [4.69, 9.17) is 0 Å². The highest BCUT2D eigenvalue weighted by molar-refractivity contribution is 9.09. The largest absolute Gasteiger partial charge is 0.302 e. The van der Waals surface area contributed by atoms with Gasteiger partial charge in [-0.3, -0.25) is 0 Å². The lowest BCUT2D eigenvalue weighted by atomic mass is 10.3. The molecule has 0 N–H and O–H groups in total. The van der Waals surface area contributed by atoms with Crippen LogP contribution in [0.4, 0.5) is 0 Å². The van der Waals surface area contributed by atoms with Gasteiger partial charge in [-0.2, -0.15) is 11.8 Å². The molecule has 0 saturated carbocycles. The van der Waals surface area contributed by atoms with Crippen molar-refractivity contribution in [3.05, 3.63) is 0 Å². The summed E-state index contributed by atoms with van der Waals surface area (Å²) >= 11 is 5.54. The second-order valence-electron chi connectivity index (χ2n) is 2.85. The molecule has 0 aromatic heterocycles. The predicted molar refractivity (Wildman–Crippen MR) is 56.8 cm³/mol. The highest BCUT2D eigenvalue weighted by Crippen LogP contribution is 2.09. The van der Waals surface area contributed by atoms with E-state index < -0.39 is 0 Å². The first kappa shape index (κ1) is 9.87. The van der Waals surface area contributed by atoms with E-state index in [9.17, 15) is 0 Å². The standard InChI is InChI=1S/C8H16BrNS/c9-3-1-2-4-10-5-7-11-8-6-10/h1-8H2. The van der Waals surface area contributed by atoms with Crippen molar-refractivity contribution in [2.24, 2.45) is 0 Å². The molecular weight excluding hydrogens is 222 g/mol. The average molecular weight is 238 g/mol. The van der Waals surface area contributed by atoms with E-state index in [1.54, 1.807) is 0 Å². The van der Waals surface area contributed by atoms with Gasteiger partial charge in [0.05, 0.1) is 0 Å². The molecule has 66 valence electrons. The number of halogens is 1. The van der Waals surface area contributed by atoms with Crippen LogP contribution in [0.15, 0.2) is 0 Å². The summed E-state index contributed by atoms with van der Waals surface area (Å²) in [6, 6.07) is 0. The molecule has 1 saturated heterocycles. The summed E-state index contributed by atoms with van der Waals surface area (Å²) in [4.78, 5) is 2.58. The number of hydrogen-bond donors (Lipinski definition) is 0. The van der Waals surface area contributed by atoms with Crippen LogP contribution < -0.4 is 0 Å². The van der Waals surface area contributed by atoms with Crippen LogP contribution in [0.25, 0.3) is 0 Å². The van der Waals surface area contributed by atoms with E-state index in [0.29, 0.717) is 0 Å². The Morgan fingerprint density at radius 2 is 1.91 bits per heavy atom. The van der Waals surface area contributed by atoms with Crippen LogP contribution in [-0.4, -0.2) is 41.4 Å². The number of alkyl halides is 1. The van der Waals surface area contributed by atoms with E-state index >= 15 is 0 Å². The first-order valence-corrected chi connectivity index (χ1v) is 6.57. The van der Waals surface area contributed by atoms with Crippen molar-refractivity contribution in [1.82, 2.24) is 4.90 Å². The molecule has 11 heavy (non-hydrogen) atoms. The van der Waals surface area contributed by atoms with Crippen molar-refractivity contribution in [3.63, 3.8) is 0 Å². The van der Waals surface area contributed by atoms with E-state index in [1.807, 2.05) is 0 Å². The Hall–Kier alpha value is 0.790. The van der Waals surface area contributed by atoms with Crippen LogP contribution >= 0.6 is 27.7 Å². The van der Waals surface area contributed by atoms with Crippen LogP contribution in [0.2, 0.25) is 0 Å². The normalized spacial score (nSPS) is 20.5. The summed E-state index contributed by atoms with van der Waals surface area (Å²) < 4.78 is 0. The predicted octanol–water partition coefficient (Wildman–Crippen LogP) is 2.21. The Labute approximate surface area is 82.0 Å². The first-order valence-electron chi connectivity index (χ1n) is 4.29. The molecule has 0 aromatic carbocycles. The van der Waals surface area contributed by atoms with Gasteiger partial charge in [0, 0.05) is 29.9 Å². The third-order valence-electron chi connectivity index (χ3n) is 1.96. The molecule has 0 aliphatic carbocycles. The highest BCUT2D eigenvalue weighted by atomic mass is 79.9. The topological polar surface area (TPSA) is 3.24 Å². The monoisotopic (exact) mass is 237 g/mol. The molecule has 0 amide bonds. The average Bonchev–Trinajstić information content (AvgIpc) is 2.07. The van der Waals surface area contributed by atoms with Crippen molar-refractivity contribution in [2.45, 2.75) is 12.8 Å². The fourth-order valence-electron chi connectivity index (χ4n) is 1.25. The Morgan fingerprint density at radius 1 is 1.18 bits per heavy atom. The van der Waals surface area contributed by atoms with Gasteiger partial charge in [-0.25, -0.2) is 0 Å². The second-order valence-corrected chi connectivity index (χ2v) is 4.87. The lowest BCUT2D eigenvalue weighted by molar-refractivity contribution is 0.298. The van der Waals surface area contributed by atoms with Crippen LogP contribution in [-0.2, 0) is 0 Å². The second kappa shape index (κ2) is 6.32. The van der Waals surface area contributed by atoms with Gasteiger partial charge in [0.2, 0.25) is 0 Å².